The number of aryl methyl sites for hydroxylation is 1. The number of benzene rings is 1. The molecule has 0 saturated carbocycles. The monoisotopic (exact) mass is 308 g/mol. The van der Waals surface area contributed by atoms with Crippen LogP contribution in [-0.4, -0.2) is 14.9 Å². The van der Waals surface area contributed by atoms with Crippen LogP contribution in [0.1, 0.15) is 5.56 Å². The third-order valence-electron chi connectivity index (χ3n) is 2.44. The summed E-state index contributed by atoms with van der Waals surface area (Å²) in [6, 6.07) is 4.55. The van der Waals surface area contributed by atoms with E-state index in [2.05, 4.69) is 25.9 Å². The minimum absolute atomic E-state index is 0.000639. The van der Waals surface area contributed by atoms with Crippen molar-refractivity contribution in [2.45, 2.75) is 6.92 Å². The molecule has 2 rings (SSSR count). The molecule has 0 fully saturated rings. The van der Waals surface area contributed by atoms with Crippen molar-refractivity contribution in [2.24, 2.45) is 0 Å². The fourth-order valence-corrected chi connectivity index (χ4v) is 1.67. The molecule has 0 radical (unpaired) electrons. The van der Waals surface area contributed by atoms with Crippen LogP contribution in [0.2, 0.25) is 0 Å². The molecule has 0 bridgehead atoms. The van der Waals surface area contributed by atoms with Gasteiger partial charge < -0.3 is 5.73 Å². The number of non-ortho nitro benzene ring substituents is 1. The molecule has 0 aliphatic heterocycles. The van der Waals surface area contributed by atoms with E-state index in [0.29, 0.717) is 21.7 Å². The maximum absolute atomic E-state index is 10.7. The van der Waals surface area contributed by atoms with Crippen molar-refractivity contribution in [2.75, 3.05) is 5.73 Å². The first kappa shape index (κ1) is 12.4. The minimum atomic E-state index is -0.453. The number of aromatic nitrogens is 2. The SMILES string of the molecule is Cc1ccc([N+](=O)[O-])cc1-c1ncc(Br)c(N)n1. The highest BCUT2D eigenvalue weighted by Gasteiger charge is 2.13. The van der Waals surface area contributed by atoms with Gasteiger partial charge in [0.15, 0.2) is 5.82 Å². The lowest BCUT2D eigenvalue weighted by molar-refractivity contribution is -0.384. The average Bonchev–Trinajstić information content (AvgIpc) is 2.33. The second-order valence-corrected chi connectivity index (χ2v) is 4.54. The zero-order valence-electron chi connectivity index (χ0n) is 9.42. The van der Waals surface area contributed by atoms with Crippen molar-refractivity contribution in [3.8, 4) is 11.4 Å². The Hall–Kier alpha value is -2.02. The van der Waals surface area contributed by atoms with Gasteiger partial charge in [0, 0.05) is 23.9 Å². The van der Waals surface area contributed by atoms with Crippen LogP contribution >= 0.6 is 15.9 Å². The highest BCUT2D eigenvalue weighted by molar-refractivity contribution is 9.10. The van der Waals surface area contributed by atoms with Crippen LogP contribution in [-0.2, 0) is 0 Å². The van der Waals surface area contributed by atoms with Crippen LogP contribution < -0.4 is 5.73 Å². The van der Waals surface area contributed by atoms with Gasteiger partial charge in [-0.25, -0.2) is 9.97 Å². The van der Waals surface area contributed by atoms with Crippen molar-refractivity contribution in [3.05, 3.63) is 44.5 Å². The van der Waals surface area contributed by atoms with Gasteiger partial charge in [0.2, 0.25) is 0 Å². The smallest absolute Gasteiger partial charge is 0.270 e. The number of nitro groups is 1. The predicted molar refractivity (Wildman–Crippen MR) is 71.0 cm³/mol. The van der Waals surface area contributed by atoms with Crippen molar-refractivity contribution in [1.82, 2.24) is 9.97 Å². The van der Waals surface area contributed by atoms with E-state index in [1.54, 1.807) is 6.07 Å². The lowest BCUT2D eigenvalue weighted by Gasteiger charge is -2.05. The standard InChI is InChI=1S/C11H9BrN4O2/c1-6-2-3-7(16(17)18)4-8(6)11-14-5-9(12)10(13)15-11/h2-5H,1H3,(H2,13,14,15). The van der Waals surface area contributed by atoms with Gasteiger partial charge in [0.25, 0.3) is 5.69 Å². The molecule has 1 heterocycles. The number of rotatable bonds is 2. The number of halogens is 1. The number of nitrogens with zero attached hydrogens (tertiary/aromatic N) is 3. The van der Waals surface area contributed by atoms with E-state index >= 15 is 0 Å². The Morgan fingerprint density at radius 3 is 2.78 bits per heavy atom. The Bertz CT molecular complexity index is 630. The molecule has 1 aromatic heterocycles. The van der Waals surface area contributed by atoms with Crippen LogP contribution in [0.3, 0.4) is 0 Å². The lowest BCUT2D eigenvalue weighted by Crippen LogP contribution is -1.98. The number of anilines is 1. The average molecular weight is 309 g/mol. The summed E-state index contributed by atoms with van der Waals surface area (Å²) in [5.74, 6) is 0.669. The van der Waals surface area contributed by atoms with Gasteiger partial charge in [0.05, 0.1) is 9.40 Å². The molecule has 7 heteroatoms. The predicted octanol–water partition coefficient (Wildman–Crippen LogP) is 2.70. The van der Waals surface area contributed by atoms with Gasteiger partial charge in [-0.3, -0.25) is 10.1 Å². The topological polar surface area (TPSA) is 94.9 Å². The highest BCUT2D eigenvalue weighted by Crippen LogP contribution is 2.27. The van der Waals surface area contributed by atoms with Gasteiger partial charge in [-0.2, -0.15) is 0 Å². The second kappa shape index (κ2) is 4.69. The summed E-state index contributed by atoms with van der Waals surface area (Å²) in [7, 11) is 0. The van der Waals surface area contributed by atoms with E-state index in [-0.39, 0.29) is 5.69 Å². The van der Waals surface area contributed by atoms with E-state index in [1.807, 2.05) is 6.92 Å². The van der Waals surface area contributed by atoms with Gasteiger partial charge in [0.1, 0.15) is 5.82 Å². The van der Waals surface area contributed by atoms with Crippen molar-refractivity contribution < 1.29 is 4.92 Å². The summed E-state index contributed by atoms with van der Waals surface area (Å²) in [5, 5.41) is 10.7. The summed E-state index contributed by atoms with van der Waals surface area (Å²) >= 11 is 3.20. The fraction of sp³-hybridized carbons (Fsp3) is 0.0909. The first-order chi connectivity index (χ1) is 8.49. The molecule has 2 N–H and O–H groups in total. The maximum atomic E-state index is 10.7. The largest absolute Gasteiger partial charge is 0.383 e. The molecule has 92 valence electrons. The molecule has 2 aromatic rings. The number of nitrogen functional groups attached to an aromatic ring is 1. The summed E-state index contributed by atoms with van der Waals surface area (Å²) in [5.41, 5.74) is 7.12. The van der Waals surface area contributed by atoms with Crippen LogP contribution in [0.25, 0.3) is 11.4 Å². The third-order valence-corrected chi connectivity index (χ3v) is 3.06. The molecule has 0 atom stereocenters. The van der Waals surface area contributed by atoms with E-state index < -0.39 is 4.92 Å². The van der Waals surface area contributed by atoms with Gasteiger partial charge in [-0.1, -0.05) is 6.07 Å². The number of nitrogens with two attached hydrogens (primary N) is 1. The third kappa shape index (κ3) is 2.30. The Balaban J connectivity index is 2.58. The first-order valence-electron chi connectivity index (χ1n) is 5.02. The Morgan fingerprint density at radius 2 is 2.17 bits per heavy atom. The molecule has 0 spiro atoms. The Kier molecular flexibility index (Phi) is 3.24. The zero-order valence-corrected chi connectivity index (χ0v) is 11.0. The van der Waals surface area contributed by atoms with E-state index in [1.165, 1.54) is 18.3 Å². The van der Waals surface area contributed by atoms with Crippen LogP contribution in [0.5, 0.6) is 0 Å². The molecule has 0 amide bonds. The fourth-order valence-electron chi connectivity index (χ4n) is 1.47. The molecule has 0 aliphatic rings. The zero-order chi connectivity index (χ0) is 13.3. The normalized spacial score (nSPS) is 10.3. The second-order valence-electron chi connectivity index (χ2n) is 3.68. The van der Waals surface area contributed by atoms with Gasteiger partial charge in [-0.05, 0) is 28.4 Å². The van der Waals surface area contributed by atoms with Crippen LogP contribution in [0, 0.1) is 17.0 Å². The Labute approximate surface area is 111 Å². The minimum Gasteiger partial charge on any atom is -0.383 e. The molecule has 0 saturated heterocycles. The van der Waals surface area contributed by atoms with Crippen molar-refractivity contribution in [1.29, 1.82) is 0 Å². The molecule has 1 aromatic carbocycles. The summed E-state index contributed by atoms with van der Waals surface area (Å²) in [6.45, 7) is 1.83. The molecule has 18 heavy (non-hydrogen) atoms. The number of nitro benzene ring substituents is 1. The summed E-state index contributed by atoms with van der Waals surface area (Å²) < 4.78 is 0.592. The van der Waals surface area contributed by atoms with Crippen LogP contribution in [0.15, 0.2) is 28.9 Å². The first-order valence-corrected chi connectivity index (χ1v) is 5.82. The molecule has 0 aliphatic carbocycles. The van der Waals surface area contributed by atoms with E-state index in [0.717, 1.165) is 5.56 Å². The summed E-state index contributed by atoms with van der Waals surface area (Å²) in [6.07, 6.45) is 1.52. The number of hydrogen-bond acceptors (Lipinski definition) is 5. The highest BCUT2D eigenvalue weighted by atomic mass is 79.9. The van der Waals surface area contributed by atoms with Crippen LogP contribution in [0.4, 0.5) is 11.5 Å². The summed E-state index contributed by atoms with van der Waals surface area (Å²) in [4.78, 5) is 18.5. The van der Waals surface area contributed by atoms with E-state index in [4.69, 9.17) is 5.73 Å². The Morgan fingerprint density at radius 1 is 1.44 bits per heavy atom. The quantitative estimate of drug-likeness (QED) is 0.680. The van der Waals surface area contributed by atoms with E-state index in [9.17, 15) is 10.1 Å². The maximum Gasteiger partial charge on any atom is 0.270 e. The molecular weight excluding hydrogens is 300 g/mol. The molecule has 0 unspecified atom stereocenters. The number of hydrogen-bond donors (Lipinski definition) is 1. The molecule has 6 nitrogen and oxygen atoms in total. The lowest BCUT2D eigenvalue weighted by atomic mass is 10.1. The van der Waals surface area contributed by atoms with Gasteiger partial charge >= 0.3 is 0 Å². The molecular formula is C11H9BrN4O2. The van der Waals surface area contributed by atoms with Gasteiger partial charge in [-0.15, -0.1) is 0 Å². The van der Waals surface area contributed by atoms with Crippen molar-refractivity contribution >= 4 is 27.4 Å². The van der Waals surface area contributed by atoms with Crippen molar-refractivity contribution in [3.63, 3.8) is 0 Å².